The molecule has 7 nitrogen and oxygen atoms in total. The van der Waals surface area contributed by atoms with E-state index < -0.39 is 11.8 Å². The number of nitriles is 1. The molecule has 7 heteroatoms. The first-order valence-corrected chi connectivity index (χ1v) is 9.61. The van der Waals surface area contributed by atoms with Crippen LogP contribution < -0.4 is 9.47 Å². The van der Waals surface area contributed by atoms with Gasteiger partial charge in [0, 0.05) is 5.57 Å². The summed E-state index contributed by atoms with van der Waals surface area (Å²) in [4.78, 5) is 26.8. The Kier molecular flexibility index (Phi) is 6.38. The Labute approximate surface area is 174 Å². The molecule has 30 heavy (non-hydrogen) atoms. The molecule has 0 spiro atoms. The molecular formula is C23H22N2O5. The second kappa shape index (κ2) is 9.14. The van der Waals surface area contributed by atoms with Gasteiger partial charge in [0.25, 0.3) is 11.8 Å². The fourth-order valence-corrected chi connectivity index (χ4v) is 3.16. The number of nitrogens with zero attached hydrogens (tertiary/aromatic N) is 2. The number of carbonyl (C=O) groups is 2. The van der Waals surface area contributed by atoms with E-state index in [-0.39, 0.29) is 17.7 Å². The fraction of sp³-hybridized carbons (Fsp3) is 0.261. The van der Waals surface area contributed by atoms with Crippen molar-refractivity contribution in [1.82, 2.24) is 4.90 Å². The topological polar surface area (TPSA) is 92.8 Å². The number of amides is 2. The predicted molar refractivity (Wildman–Crippen MR) is 109 cm³/mol. The lowest BCUT2D eigenvalue weighted by Crippen LogP contribution is -2.42. The zero-order chi connectivity index (χ0) is 21.7. The Morgan fingerprint density at radius 3 is 2.47 bits per heavy atom. The standard InChI is InChI=1S/C23H22N2O5/c1-4-28-20-9-8-16(12-21(20)29-5-2)11-18-15(3)19(13-24)23(27)25(22(18)26)14-17-7-6-10-30-17/h6-12H,4-5,14H2,1-3H3/b18-11+. The second-order valence-corrected chi connectivity index (χ2v) is 6.52. The lowest BCUT2D eigenvalue weighted by molar-refractivity contribution is -0.141. The Morgan fingerprint density at radius 1 is 1.10 bits per heavy atom. The van der Waals surface area contributed by atoms with Crippen LogP contribution in [0.4, 0.5) is 0 Å². The third-order valence-electron chi connectivity index (χ3n) is 4.60. The molecule has 2 aromatic rings. The van der Waals surface area contributed by atoms with E-state index in [0.29, 0.717) is 41.6 Å². The van der Waals surface area contributed by atoms with E-state index >= 15 is 0 Å². The summed E-state index contributed by atoms with van der Waals surface area (Å²) in [6.07, 6.45) is 3.11. The second-order valence-electron chi connectivity index (χ2n) is 6.52. The molecule has 3 rings (SSSR count). The first-order valence-electron chi connectivity index (χ1n) is 9.61. The molecule has 0 fully saturated rings. The van der Waals surface area contributed by atoms with E-state index in [1.807, 2.05) is 19.9 Å². The number of hydrogen-bond donors (Lipinski definition) is 0. The highest BCUT2D eigenvalue weighted by atomic mass is 16.5. The van der Waals surface area contributed by atoms with Crippen molar-refractivity contribution >= 4 is 17.9 Å². The van der Waals surface area contributed by atoms with Crippen LogP contribution in [0.15, 0.2) is 57.7 Å². The number of hydrogen-bond acceptors (Lipinski definition) is 6. The fourth-order valence-electron chi connectivity index (χ4n) is 3.16. The zero-order valence-electron chi connectivity index (χ0n) is 17.1. The number of ether oxygens (including phenoxy) is 2. The monoisotopic (exact) mass is 406 g/mol. The van der Waals surface area contributed by atoms with Gasteiger partial charge < -0.3 is 13.9 Å². The van der Waals surface area contributed by atoms with Crippen molar-refractivity contribution in [1.29, 1.82) is 5.26 Å². The number of carbonyl (C=O) groups excluding carboxylic acids is 2. The highest BCUT2D eigenvalue weighted by Crippen LogP contribution is 2.32. The van der Waals surface area contributed by atoms with Crippen LogP contribution in [0.1, 0.15) is 32.1 Å². The molecule has 0 unspecified atom stereocenters. The quantitative estimate of drug-likeness (QED) is 0.512. The summed E-state index contributed by atoms with van der Waals surface area (Å²) in [6, 6.07) is 10.6. The van der Waals surface area contributed by atoms with Gasteiger partial charge in [0.1, 0.15) is 17.4 Å². The Bertz CT molecular complexity index is 1060. The van der Waals surface area contributed by atoms with E-state index in [1.54, 1.807) is 43.3 Å². The first kappa shape index (κ1) is 20.9. The molecular weight excluding hydrogens is 384 g/mol. The van der Waals surface area contributed by atoms with Crippen LogP contribution in [0.25, 0.3) is 6.08 Å². The number of rotatable bonds is 7. The molecule has 2 heterocycles. The van der Waals surface area contributed by atoms with Crippen molar-refractivity contribution in [3.8, 4) is 17.6 Å². The molecule has 1 aromatic carbocycles. The van der Waals surface area contributed by atoms with Crippen LogP contribution >= 0.6 is 0 Å². The van der Waals surface area contributed by atoms with Crippen LogP contribution in [0.3, 0.4) is 0 Å². The smallest absolute Gasteiger partial charge is 0.272 e. The maximum atomic E-state index is 13.1. The average molecular weight is 406 g/mol. The molecule has 1 aliphatic rings. The van der Waals surface area contributed by atoms with Crippen molar-refractivity contribution in [3.63, 3.8) is 0 Å². The van der Waals surface area contributed by atoms with Crippen LogP contribution in [0.2, 0.25) is 0 Å². The van der Waals surface area contributed by atoms with Gasteiger partial charge in [-0.05, 0) is 62.2 Å². The maximum Gasteiger partial charge on any atom is 0.272 e. The Hall–Kier alpha value is -3.79. The van der Waals surface area contributed by atoms with Gasteiger partial charge in [-0.2, -0.15) is 5.26 Å². The maximum absolute atomic E-state index is 13.1. The first-order chi connectivity index (χ1) is 14.5. The number of furan rings is 1. The normalized spacial score (nSPS) is 15.5. The van der Waals surface area contributed by atoms with Crippen LogP contribution in [0.5, 0.6) is 11.5 Å². The minimum Gasteiger partial charge on any atom is -0.490 e. The van der Waals surface area contributed by atoms with Crippen LogP contribution in [0, 0.1) is 11.3 Å². The molecule has 2 amide bonds. The van der Waals surface area contributed by atoms with Gasteiger partial charge in [-0.25, -0.2) is 0 Å². The van der Waals surface area contributed by atoms with E-state index in [4.69, 9.17) is 13.9 Å². The Morgan fingerprint density at radius 2 is 1.83 bits per heavy atom. The molecule has 0 atom stereocenters. The zero-order valence-corrected chi connectivity index (χ0v) is 17.1. The molecule has 0 saturated heterocycles. The minimum atomic E-state index is -0.629. The summed E-state index contributed by atoms with van der Waals surface area (Å²) in [7, 11) is 0. The summed E-state index contributed by atoms with van der Waals surface area (Å²) in [5.41, 5.74) is 1.23. The highest BCUT2D eigenvalue weighted by Gasteiger charge is 2.35. The summed E-state index contributed by atoms with van der Waals surface area (Å²) in [6.45, 7) is 6.26. The van der Waals surface area contributed by atoms with E-state index in [2.05, 4.69) is 0 Å². The highest BCUT2D eigenvalue weighted by molar-refractivity contribution is 6.19. The lowest BCUT2D eigenvalue weighted by atomic mass is 9.93. The average Bonchev–Trinajstić information content (AvgIpc) is 3.24. The molecule has 1 aliphatic heterocycles. The van der Waals surface area contributed by atoms with E-state index in [9.17, 15) is 14.9 Å². The van der Waals surface area contributed by atoms with E-state index in [0.717, 1.165) is 4.90 Å². The van der Waals surface area contributed by atoms with Crippen LogP contribution in [-0.2, 0) is 16.1 Å². The van der Waals surface area contributed by atoms with Crippen molar-refractivity contribution in [2.24, 2.45) is 0 Å². The van der Waals surface area contributed by atoms with Gasteiger partial charge in [-0.3, -0.25) is 14.5 Å². The summed E-state index contributed by atoms with van der Waals surface area (Å²) < 4.78 is 16.5. The number of benzene rings is 1. The van der Waals surface area contributed by atoms with Gasteiger partial charge >= 0.3 is 0 Å². The van der Waals surface area contributed by atoms with Crippen LogP contribution in [-0.4, -0.2) is 29.9 Å². The number of imide groups is 1. The summed E-state index contributed by atoms with van der Waals surface area (Å²) >= 11 is 0. The third kappa shape index (κ3) is 4.13. The van der Waals surface area contributed by atoms with Crippen molar-refractivity contribution in [2.45, 2.75) is 27.3 Å². The van der Waals surface area contributed by atoms with Gasteiger partial charge in [0.05, 0.1) is 26.0 Å². The molecule has 0 aliphatic carbocycles. The third-order valence-corrected chi connectivity index (χ3v) is 4.60. The van der Waals surface area contributed by atoms with E-state index in [1.165, 1.54) is 6.26 Å². The molecule has 0 radical (unpaired) electrons. The van der Waals surface area contributed by atoms with Crippen molar-refractivity contribution in [2.75, 3.05) is 13.2 Å². The molecule has 154 valence electrons. The lowest BCUT2D eigenvalue weighted by Gasteiger charge is -2.26. The molecule has 0 saturated carbocycles. The summed E-state index contributed by atoms with van der Waals surface area (Å²) in [5, 5.41) is 9.50. The predicted octanol–water partition coefficient (Wildman–Crippen LogP) is 3.87. The van der Waals surface area contributed by atoms with Crippen molar-refractivity contribution in [3.05, 3.63) is 64.6 Å². The minimum absolute atomic E-state index is 0.0477. The molecule has 0 bridgehead atoms. The summed E-state index contributed by atoms with van der Waals surface area (Å²) in [5.74, 6) is 0.501. The molecule has 1 aromatic heterocycles. The van der Waals surface area contributed by atoms with Gasteiger partial charge in [0.15, 0.2) is 11.5 Å². The van der Waals surface area contributed by atoms with Gasteiger partial charge in [-0.1, -0.05) is 6.07 Å². The SMILES string of the molecule is CCOc1ccc(/C=C2/C(=O)N(Cc3ccco3)C(=O)C(C#N)=C2C)cc1OCC. The van der Waals surface area contributed by atoms with Gasteiger partial charge in [0.2, 0.25) is 0 Å². The van der Waals surface area contributed by atoms with Crippen molar-refractivity contribution < 1.29 is 23.5 Å². The largest absolute Gasteiger partial charge is 0.490 e. The Balaban J connectivity index is 2.04. The molecule has 0 N–H and O–H groups in total. The van der Waals surface area contributed by atoms with Gasteiger partial charge in [-0.15, -0.1) is 0 Å².